The minimum absolute atomic E-state index is 0.0258. The van der Waals surface area contributed by atoms with Gasteiger partial charge in [-0.15, -0.1) is 0 Å². The van der Waals surface area contributed by atoms with Gasteiger partial charge >= 0.3 is 5.97 Å². The van der Waals surface area contributed by atoms with Crippen LogP contribution < -0.4 is 4.74 Å². The second-order valence-corrected chi connectivity index (χ2v) is 8.13. The van der Waals surface area contributed by atoms with E-state index in [0.717, 1.165) is 5.56 Å². The van der Waals surface area contributed by atoms with Crippen LogP contribution in [0.5, 0.6) is 5.75 Å². The zero-order valence-electron chi connectivity index (χ0n) is 12.4. The number of carbonyl (C=O) groups is 1. The van der Waals surface area contributed by atoms with Gasteiger partial charge in [0.2, 0.25) is 9.84 Å². The molecule has 0 bridgehead atoms. The summed E-state index contributed by atoms with van der Waals surface area (Å²) in [4.78, 5) is 11.0. The summed E-state index contributed by atoms with van der Waals surface area (Å²) in [5.74, 6) is -1.03. The molecule has 0 radical (unpaired) electrons. The molecule has 5 nitrogen and oxygen atoms in total. The Balaban J connectivity index is 2.14. The lowest BCUT2D eigenvalue weighted by Gasteiger charge is -2.11. The van der Waals surface area contributed by atoms with Gasteiger partial charge in [-0.3, -0.25) is 0 Å². The fourth-order valence-electron chi connectivity index (χ4n) is 2.48. The highest BCUT2D eigenvalue weighted by atomic mass is 35.5. The molecule has 1 atom stereocenters. The van der Waals surface area contributed by atoms with E-state index < -0.39 is 21.9 Å². The Kier molecular flexibility index (Phi) is 4.23. The zero-order chi connectivity index (χ0) is 17.6. The number of halogens is 2. The van der Waals surface area contributed by atoms with Crippen molar-refractivity contribution in [3.05, 3.63) is 51.5 Å². The largest absolute Gasteiger partial charge is 0.478 e. The first-order chi connectivity index (χ1) is 11.2. The first-order valence-electron chi connectivity index (χ1n) is 6.94. The van der Waals surface area contributed by atoms with Gasteiger partial charge < -0.3 is 9.84 Å². The summed E-state index contributed by atoms with van der Waals surface area (Å²) in [6, 6.07) is 7.66. The van der Waals surface area contributed by atoms with Gasteiger partial charge in [0.25, 0.3) is 0 Å². The fourth-order valence-corrected chi connectivity index (χ4v) is 4.63. The van der Waals surface area contributed by atoms with Gasteiger partial charge in [-0.1, -0.05) is 40.9 Å². The molecule has 1 unspecified atom stereocenters. The molecular weight excluding hydrogens is 375 g/mol. The summed E-state index contributed by atoms with van der Waals surface area (Å²) in [5.41, 5.74) is 1.33. The molecule has 0 spiro atoms. The van der Waals surface area contributed by atoms with Crippen molar-refractivity contribution >= 4 is 39.0 Å². The average molecular weight is 387 g/mol. The van der Waals surface area contributed by atoms with Crippen molar-refractivity contribution < 1.29 is 23.1 Å². The van der Waals surface area contributed by atoms with E-state index in [0.29, 0.717) is 5.56 Å². The molecule has 1 N–H and O–H groups in total. The van der Waals surface area contributed by atoms with Crippen molar-refractivity contribution in [3.63, 3.8) is 0 Å². The Labute approximate surface area is 148 Å². The maximum absolute atomic E-state index is 12.8. The normalized spacial score (nSPS) is 16.5. The van der Waals surface area contributed by atoms with Gasteiger partial charge in [0.1, 0.15) is 10.8 Å². The molecule has 0 fully saturated rings. The molecule has 0 amide bonds. The minimum Gasteiger partial charge on any atom is -0.478 e. The van der Waals surface area contributed by atoms with E-state index in [4.69, 9.17) is 33.0 Å². The van der Waals surface area contributed by atoms with Gasteiger partial charge in [-0.2, -0.15) is 0 Å². The molecule has 0 saturated heterocycles. The van der Waals surface area contributed by atoms with Crippen LogP contribution in [-0.2, 0) is 21.1 Å². The summed E-state index contributed by atoms with van der Waals surface area (Å²) in [6.07, 6.45) is -1.08. The second kappa shape index (κ2) is 5.95. The highest BCUT2D eigenvalue weighted by Crippen LogP contribution is 2.45. The average Bonchev–Trinajstić information content (AvgIpc) is 2.96. The SMILES string of the molecule is Cc1ccc(S(=O)(=O)c2cc3c(c(Cl)c2Cl)OC(C(=O)O)C3)cc1. The van der Waals surface area contributed by atoms with Crippen LogP contribution in [0.15, 0.2) is 40.1 Å². The third-order valence-corrected chi connectivity index (χ3v) is 6.52. The summed E-state index contributed by atoms with van der Waals surface area (Å²) in [6.45, 7) is 1.85. The van der Waals surface area contributed by atoms with Gasteiger partial charge in [-0.05, 0) is 25.1 Å². The van der Waals surface area contributed by atoms with Crippen molar-refractivity contribution in [1.29, 1.82) is 0 Å². The third-order valence-electron chi connectivity index (χ3n) is 3.77. The summed E-state index contributed by atoms with van der Waals surface area (Å²) >= 11 is 12.2. The molecule has 3 rings (SSSR count). The highest BCUT2D eigenvalue weighted by molar-refractivity contribution is 7.91. The van der Waals surface area contributed by atoms with E-state index in [1.165, 1.54) is 18.2 Å². The topological polar surface area (TPSA) is 80.7 Å². The smallest absolute Gasteiger partial charge is 0.345 e. The molecular formula is C16H12Cl2O5S. The first-order valence-corrected chi connectivity index (χ1v) is 9.18. The zero-order valence-corrected chi connectivity index (χ0v) is 14.7. The Bertz CT molecular complexity index is 936. The lowest BCUT2D eigenvalue weighted by Crippen LogP contribution is -2.24. The van der Waals surface area contributed by atoms with E-state index in [9.17, 15) is 13.2 Å². The lowest BCUT2D eigenvalue weighted by molar-refractivity contribution is -0.144. The van der Waals surface area contributed by atoms with Crippen LogP contribution in [0.25, 0.3) is 0 Å². The molecule has 0 saturated carbocycles. The number of hydrogen-bond acceptors (Lipinski definition) is 4. The number of sulfone groups is 1. The number of benzene rings is 2. The Morgan fingerprint density at radius 1 is 1.21 bits per heavy atom. The lowest BCUT2D eigenvalue weighted by atomic mass is 10.1. The van der Waals surface area contributed by atoms with Gasteiger partial charge in [0.05, 0.1) is 14.8 Å². The number of carboxylic acid groups (broad SMARTS) is 1. The quantitative estimate of drug-likeness (QED) is 0.872. The molecule has 2 aromatic rings. The molecule has 1 aliphatic rings. The van der Waals surface area contributed by atoms with Crippen LogP contribution in [0.4, 0.5) is 0 Å². The molecule has 2 aromatic carbocycles. The fraction of sp³-hybridized carbons (Fsp3) is 0.188. The van der Waals surface area contributed by atoms with Crippen LogP contribution >= 0.6 is 23.2 Å². The maximum Gasteiger partial charge on any atom is 0.345 e. The highest BCUT2D eigenvalue weighted by Gasteiger charge is 2.35. The minimum atomic E-state index is -3.89. The van der Waals surface area contributed by atoms with Crippen molar-refractivity contribution in [1.82, 2.24) is 0 Å². The number of fused-ring (bicyclic) bond motifs is 1. The summed E-state index contributed by atoms with van der Waals surface area (Å²) < 4.78 is 30.9. The number of rotatable bonds is 3. The molecule has 0 aliphatic carbocycles. The van der Waals surface area contributed by atoms with Crippen molar-refractivity contribution in [2.45, 2.75) is 29.2 Å². The van der Waals surface area contributed by atoms with E-state index in [1.54, 1.807) is 12.1 Å². The van der Waals surface area contributed by atoms with Gasteiger partial charge in [0, 0.05) is 12.0 Å². The number of hydrogen-bond donors (Lipinski definition) is 1. The van der Waals surface area contributed by atoms with Crippen LogP contribution in [-0.4, -0.2) is 25.6 Å². The predicted molar refractivity (Wildman–Crippen MR) is 88.8 cm³/mol. The molecule has 0 aromatic heterocycles. The molecule has 126 valence electrons. The Morgan fingerprint density at radius 3 is 2.42 bits per heavy atom. The number of aryl methyl sites for hydroxylation is 1. The molecule has 24 heavy (non-hydrogen) atoms. The van der Waals surface area contributed by atoms with Crippen LogP contribution in [0.1, 0.15) is 11.1 Å². The summed E-state index contributed by atoms with van der Waals surface area (Å²) in [5, 5.41) is 8.79. The van der Waals surface area contributed by atoms with Gasteiger partial charge in [0.15, 0.2) is 6.10 Å². The molecule has 1 heterocycles. The van der Waals surface area contributed by atoms with E-state index in [1.807, 2.05) is 6.92 Å². The Morgan fingerprint density at radius 2 is 1.83 bits per heavy atom. The van der Waals surface area contributed by atoms with E-state index in [2.05, 4.69) is 0 Å². The van der Waals surface area contributed by atoms with Crippen LogP contribution in [0.2, 0.25) is 10.0 Å². The third kappa shape index (κ3) is 2.75. The number of ether oxygens (including phenoxy) is 1. The summed E-state index contributed by atoms with van der Waals surface area (Å²) in [7, 11) is -3.89. The van der Waals surface area contributed by atoms with E-state index >= 15 is 0 Å². The van der Waals surface area contributed by atoms with Crippen LogP contribution in [0.3, 0.4) is 0 Å². The van der Waals surface area contributed by atoms with E-state index in [-0.39, 0.29) is 32.0 Å². The first kappa shape index (κ1) is 17.1. The predicted octanol–water partition coefficient (Wildman–Crippen LogP) is 3.52. The molecule has 1 aliphatic heterocycles. The van der Waals surface area contributed by atoms with Crippen molar-refractivity contribution in [2.24, 2.45) is 0 Å². The number of carboxylic acids is 1. The Hall–Kier alpha value is -1.76. The van der Waals surface area contributed by atoms with Crippen LogP contribution in [0, 0.1) is 6.92 Å². The monoisotopic (exact) mass is 386 g/mol. The second-order valence-electron chi connectivity index (χ2n) is 5.46. The maximum atomic E-state index is 12.8. The number of aliphatic carboxylic acids is 1. The van der Waals surface area contributed by atoms with Crippen molar-refractivity contribution in [2.75, 3.05) is 0 Å². The van der Waals surface area contributed by atoms with Gasteiger partial charge in [-0.25, -0.2) is 13.2 Å². The standard InChI is InChI=1S/C16H12Cl2O5S/c1-8-2-4-10(5-3-8)24(21,22)12-7-9-6-11(16(19)20)23-15(9)14(18)13(12)17/h2-5,7,11H,6H2,1H3,(H,19,20). The van der Waals surface area contributed by atoms with Crippen molar-refractivity contribution in [3.8, 4) is 5.75 Å². The molecule has 8 heteroatoms.